The molecular formula is C12H12F3N3O. The monoisotopic (exact) mass is 271 g/mol. The van der Waals surface area contributed by atoms with E-state index in [1.165, 1.54) is 12.1 Å². The first kappa shape index (κ1) is 13.3. The smallest absolute Gasteiger partial charge is 0.381 e. The first-order valence-corrected chi connectivity index (χ1v) is 5.40. The second-order valence-electron chi connectivity index (χ2n) is 4.24. The van der Waals surface area contributed by atoms with E-state index in [0.717, 1.165) is 12.1 Å². The molecule has 2 rings (SSSR count). The van der Waals surface area contributed by atoms with E-state index in [4.69, 9.17) is 10.3 Å². The highest BCUT2D eigenvalue weighted by Crippen LogP contribution is 2.37. The van der Waals surface area contributed by atoms with Gasteiger partial charge in [-0.25, -0.2) is 0 Å². The molecule has 7 heteroatoms. The summed E-state index contributed by atoms with van der Waals surface area (Å²) in [6, 6.07) is 4.83. The van der Waals surface area contributed by atoms with Gasteiger partial charge in [0.25, 0.3) is 0 Å². The second kappa shape index (κ2) is 4.49. The van der Waals surface area contributed by atoms with Gasteiger partial charge in [0.15, 0.2) is 11.6 Å². The molecule has 0 bridgehead atoms. The van der Waals surface area contributed by atoms with Crippen molar-refractivity contribution in [2.24, 2.45) is 0 Å². The molecule has 19 heavy (non-hydrogen) atoms. The Morgan fingerprint density at radius 1 is 1.21 bits per heavy atom. The predicted octanol–water partition coefficient (Wildman–Crippen LogP) is 3.01. The van der Waals surface area contributed by atoms with Gasteiger partial charge >= 0.3 is 6.18 Å². The molecule has 0 radical (unpaired) electrons. The molecule has 2 N–H and O–H groups in total. The van der Waals surface area contributed by atoms with Gasteiger partial charge in [-0.2, -0.15) is 13.2 Å². The first-order valence-electron chi connectivity index (χ1n) is 5.40. The Morgan fingerprint density at radius 2 is 1.89 bits per heavy atom. The fraction of sp³-hybridized carbons (Fsp3) is 0.250. The Kier molecular flexibility index (Phi) is 3.13. The lowest BCUT2D eigenvalue weighted by molar-refractivity contribution is -0.137. The van der Waals surface area contributed by atoms with Crippen LogP contribution in [0.25, 0.3) is 11.3 Å². The van der Waals surface area contributed by atoms with Crippen LogP contribution in [0.15, 0.2) is 28.8 Å². The Bertz CT molecular complexity index is 590. The maximum Gasteiger partial charge on any atom is 0.416 e. The molecule has 0 fully saturated rings. The molecule has 1 aromatic heterocycles. The maximum atomic E-state index is 12.7. The molecule has 4 nitrogen and oxygen atoms in total. The molecule has 0 saturated carbocycles. The normalized spacial score (nSPS) is 11.6. The Hall–Kier alpha value is -2.18. The number of rotatable bonds is 2. The Labute approximate surface area is 107 Å². The molecule has 0 aliphatic carbocycles. The van der Waals surface area contributed by atoms with Crippen LogP contribution < -0.4 is 10.6 Å². The SMILES string of the molecule is CN(C)c1ccc(C(F)(F)F)cc1-c1cc(N)no1. The van der Waals surface area contributed by atoms with E-state index < -0.39 is 11.7 Å². The number of halogens is 3. The van der Waals surface area contributed by atoms with Crippen molar-refractivity contribution in [1.29, 1.82) is 0 Å². The minimum atomic E-state index is -4.41. The molecule has 1 aromatic carbocycles. The van der Waals surface area contributed by atoms with E-state index in [-0.39, 0.29) is 11.6 Å². The van der Waals surface area contributed by atoms with E-state index in [0.29, 0.717) is 11.3 Å². The zero-order valence-corrected chi connectivity index (χ0v) is 10.3. The predicted molar refractivity (Wildman–Crippen MR) is 65.7 cm³/mol. The van der Waals surface area contributed by atoms with Crippen molar-refractivity contribution in [3.63, 3.8) is 0 Å². The van der Waals surface area contributed by atoms with Gasteiger partial charge in [0.05, 0.1) is 5.56 Å². The number of nitrogens with zero attached hydrogens (tertiary/aromatic N) is 2. The van der Waals surface area contributed by atoms with Crippen LogP contribution >= 0.6 is 0 Å². The number of hydrogen-bond acceptors (Lipinski definition) is 4. The van der Waals surface area contributed by atoms with Gasteiger partial charge < -0.3 is 15.2 Å². The van der Waals surface area contributed by atoms with Crippen molar-refractivity contribution < 1.29 is 17.7 Å². The lowest BCUT2D eigenvalue weighted by Gasteiger charge is -2.17. The summed E-state index contributed by atoms with van der Waals surface area (Å²) in [5, 5.41) is 3.49. The molecular weight excluding hydrogens is 259 g/mol. The van der Waals surface area contributed by atoms with Crippen LogP contribution in [-0.4, -0.2) is 19.3 Å². The summed E-state index contributed by atoms with van der Waals surface area (Å²) in [6.07, 6.45) is -4.41. The summed E-state index contributed by atoms with van der Waals surface area (Å²) in [5.74, 6) is 0.324. The molecule has 1 heterocycles. The van der Waals surface area contributed by atoms with Gasteiger partial charge in [-0.3, -0.25) is 0 Å². The number of alkyl halides is 3. The largest absolute Gasteiger partial charge is 0.416 e. The van der Waals surface area contributed by atoms with Crippen LogP contribution in [0.1, 0.15) is 5.56 Å². The molecule has 0 amide bonds. The first-order chi connectivity index (χ1) is 8.79. The summed E-state index contributed by atoms with van der Waals surface area (Å²) >= 11 is 0. The number of benzene rings is 1. The standard InChI is InChI=1S/C12H12F3N3O/c1-18(2)9-4-3-7(12(13,14)15)5-8(9)10-6-11(16)17-19-10/h3-6H,1-2H3,(H2,16,17). The number of nitrogen functional groups attached to an aromatic ring is 1. The molecule has 0 spiro atoms. The van der Waals surface area contributed by atoms with Gasteiger partial charge in [0.1, 0.15) is 0 Å². The average Bonchev–Trinajstić information content (AvgIpc) is 2.73. The zero-order valence-electron chi connectivity index (χ0n) is 10.3. The van der Waals surface area contributed by atoms with Crippen molar-refractivity contribution in [3.8, 4) is 11.3 Å². The molecule has 0 aliphatic heterocycles. The fourth-order valence-electron chi connectivity index (χ4n) is 1.72. The average molecular weight is 271 g/mol. The van der Waals surface area contributed by atoms with Crippen molar-refractivity contribution in [3.05, 3.63) is 29.8 Å². The van der Waals surface area contributed by atoms with E-state index in [1.54, 1.807) is 19.0 Å². The van der Waals surface area contributed by atoms with Crippen LogP contribution in [0.4, 0.5) is 24.7 Å². The van der Waals surface area contributed by atoms with Crippen LogP contribution in [0.3, 0.4) is 0 Å². The fourth-order valence-corrected chi connectivity index (χ4v) is 1.72. The third kappa shape index (κ3) is 2.64. The van der Waals surface area contributed by atoms with Crippen LogP contribution in [0.5, 0.6) is 0 Å². The lowest BCUT2D eigenvalue weighted by atomic mass is 10.1. The Morgan fingerprint density at radius 3 is 2.37 bits per heavy atom. The van der Waals surface area contributed by atoms with Crippen LogP contribution in [-0.2, 0) is 6.18 Å². The van der Waals surface area contributed by atoms with Crippen molar-refractivity contribution in [2.75, 3.05) is 24.7 Å². The lowest BCUT2D eigenvalue weighted by Crippen LogP contribution is -2.12. The summed E-state index contributed by atoms with van der Waals surface area (Å²) < 4.78 is 43.2. The third-order valence-electron chi connectivity index (χ3n) is 2.60. The minimum Gasteiger partial charge on any atom is -0.381 e. The molecule has 0 saturated heterocycles. The number of aromatic nitrogens is 1. The summed E-state index contributed by atoms with van der Waals surface area (Å²) in [4.78, 5) is 1.69. The van der Waals surface area contributed by atoms with E-state index in [2.05, 4.69) is 5.16 Å². The maximum absolute atomic E-state index is 12.7. The van der Waals surface area contributed by atoms with Gasteiger partial charge in [0.2, 0.25) is 0 Å². The second-order valence-corrected chi connectivity index (χ2v) is 4.24. The third-order valence-corrected chi connectivity index (χ3v) is 2.60. The van der Waals surface area contributed by atoms with Crippen LogP contribution in [0, 0.1) is 0 Å². The van der Waals surface area contributed by atoms with Crippen molar-refractivity contribution in [1.82, 2.24) is 5.16 Å². The highest BCUT2D eigenvalue weighted by Gasteiger charge is 2.31. The van der Waals surface area contributed by atoms with E-state index >= 15 is 0 Å². The number of anilines is 2. The molecule has 0 atom stereocenters. The van der Waals surface area contributed by atoms with Gasteiger partial charge in [-0.05, 0) is 18.2 Å². The summed E-state index contributed by atoms with van der Waals surface area (Å²) in [5.41, 5.74) is 5.56. The number of hydrogen-bond donors (Lipinski definition) is 1. The quantitative estimate of drug-likeness (QED) is 0.912. The molecule has 2 aromatic rings. The summed E-state index contributed by atoms with van der Waals surface area (Å²) in [7, 11) is 3.46. The molecule has 0 unspecified atom stereocenters. The molecule has 102 valence electrons. The molecule has 0 aliphatic rings. The van der Waals surface area contributed by atoms with E-state index in [9.17, 15) is 13.2 Å². The van der Waals surface area contributed by atoms with Crippen molar-refractivity contribution >= 4 is 11.5 Å². The van der Waals surface area contributed by atoms with Crippen molar-refractivity contribution in [2.45, 2.75) is 6.18 Å². The van der Waals surface area contributed by atoms with Gasteiger partial charge in [0, 0.05) is 31.4 Å². The summed E-state index contributed by atoms with van der Waals surface area (Å²) in [6.45, 7) is 0. The van der Waals surface area contributed by atoms with Gasteiger partial charge in [-0.15, -0.1) is 0 Å². The van der Waals surface area contributed by atoms with E-state index in [1.807, 2.05) is 0 Å². The highest BCUT2D eigenvalue weighted by molar-refractivity contribution is 5.77. The Balaban J connectivity index is 2.61. The highest BCUT2D eigenvalue weighted by atomic mass is 19.4. The number of nitrogens with two attached hydrogens (primary N) is 1. The zero-order chi connectivity index (χ0) is 14.2. The van der Waals surface area contributed by atoms with Gasteiger partial charge in [-0.1, -0.05) is 5.16 Å². The topological polar surface area (TPSA) is 55.3 Å². The van der Waals surface area contributed by atoms with Crippen LogP contribution in [0.2, 0.25) is 0 Å². The minimum absolute atomic E-state index is 0.122.